The van der Waals surface area contributed by atoms with Crippen molar-refractivity contribution in [2.45, 2.75) is 60.8 Å². The Morgan fingerprint density at radius 2 is 1.50 bits per heavy atom. The zero-order valence-electron chi connectivity index (χ0n) is 11.0. The summed E-state index contributed by atoms with van der Waals surface area (Å²) in [7, 11) is 0. The molecule has 0 aliphatic heterocycles. The molecule has 1 aliphatic carbocycles. The molecule has 0 unspecified atom stereocenters. The van der Waals surface area contributed by atoms with Crippen LogP contribution in [0.2, 0.25) is 0 Å². The lowest BCUT2D eigenvalue weighted by molar-refractivity contribution is 0.351. The molecule has 14 heavy (non-hydrogen) atoms. The van der Waals surface area contributed by atoms with Gasteiger partial charge in [-0.3, -0.25) is 0 Å². The van der Waals surface area contributed by atoms with Gasteiger partial charge in [-0.2, -0.15) is 0 Å². The van der Waals surface area contributed by atoms with Gasteiger partial charge in [-0.25, -0.2) is 0 Å². The molecule has 1 rings (SSSR count). The first-order valence-electron chi connectivity index (χ1n) is 5.78. The smallest absolute Gasteiger partial charge is 0.0304 e. The summed E-state index contributed by atoms with van der Waals surface area (Å²) in [5.74, 6) is 1.05. The standard InChI is InChI=1S/2C7H14/c1-7(2,3)6-4-5-6;1-5-6-7(2,3)4/h6H,4-5H2,1-3H3;5H,1,6H2,2-4H3. The van der Waals surface area contributed by atoms with Gasteiger partial charge in [-0.15, -0.1) is 6.58 Å². The van der Waals surface area contributed by atoms with E-state index in [9.17, 15) is 0 Å². The summed E-state index contributed by atoms with van der Waals surface area (Å²) in [4.78, 5) is 0. The van der Waals surface area contributed by atoms with Crippen LogP contribution in [0.3, 0.4) is 0 Å². The third-order valence-electron chi connectivity index (χ3n) is 2.56. The molecule has 0 spiro atoms. The van der Waals surface area contributed by atoms with Gasteiger partial charge >= 0.3 is 0 Å². The zero-order chi connectivity index (χ0) is 11.4. The van der Waals surface area contributed by atoms with Crippen LogP contribution in [-0.4, -0.2) is 0 Å². The van der Waals surface area contributed by atoms with Gasteiger partial charge in [-0.05, 0) is 36.0 Å². The van der Waals surface area contributed by atoms with Crippen LogP contribution in [0, 0.1) is 16.7 Å². The Morgan fingerprint density at radius 1 is 1.07 bits per heavy atom. The highest BCUT2D eigenvalue weighted by Gasteiger charge is 2.33. The molecule has 1 aliphatic rings. The summed E-state index contributed by atoms with van der Waals surface area (Å²) in [5, 5.41) is 0. The van der Waals surface area contributed by atoms with Crippen molar-refractivity contribution in [1.82, 2.24) is 0 Å². The average Bonchev–Trinajstić information content (AvgIpc) is 2.61. The molecule has 0 aromatic carbocycles. The molecule has 0 heterocycles. The van der Waals surface area contributed by atoms with Crippen molar-refractivity contribution in [2.75, 3.05) is 0 Å². The van der Waals surface area contributed by atoms with E-state index >= 15 is 0 Å². The van der Waals surface area contributed by atoms with Crippen molar-refractivity contribution in [2.24, 2.45) is 16.7 Å². The average molecular weight is 196 g/mol. The Bertz CT molecular complexity index is 159. The fraction of sp³-hybridized carbons (Fsp3) is 0.857. The maximum atomic E-state index is 3.65. The van der Waals surface area contributed by atoms with Crippen molar-refractivity contribution in [3.63, 3.8) is 0 Å². The zero-order valence-corrected chi connectivity index (χ0v) is 11.0. The summed E-state index contributed by atoms with van der Waals surface area (Å²) in [6.45, 7) is 17.2. The Labute approximate surface area is 90.8 Å². The maximum Gasteiger partial charge on any atom is -0.0304 e. The second kappa shape index (κ2) is 5.00. The monoisotopic (exact) mass is 196 g/mol. The summed E-state index contributed by atoms with van der Waals surface area (Å²) in [5.41, 5.74) is 1.04. The molecule has 0 aromatic rings. The van der Waals surface area contributed by atoms with Gasteiger partial charge in [0.05, 0.1) is 0 Å². The van der Waals surface area contributed by atoms with E-state index in [2.05, 4.69) is 48.1 Å². The van der Waals surface area contributed by atoms with Crippen LogP contribution in [0.4, 0.5) is 0 Å². The molecule has 0 amide bonds. The van der Waals surface area contributed by atoms with E-state index < -0.39 is 0 Å². The molecular weight excluding hydrogens is 168 g/mol. The van der Waals surface area contributed by atoms with Crippen LogP contribution in [-0.2, 0) is 0 Å². The third-order valence-corrected chi connectivity index (χ3v) is 2.56. The highest BCUT2D eigenvalue weighted by molar-refractivity contribution is 4.84. The lowest BCUT2D eigenvalue weighted by Gasteiger charge is -2.15. The number of hydrogen-bond acceptors (Lipinski definition) is 0. The Hall–Kier alpha value is -0.260. The van der Waals surface area contributed by atoms with Crippen molar-refractivity contribution in [1.29, 1.82) is 0 Å². The van der Waals surface area contributed by atoms with E-state index in [1.54, 1.807) is 0 Å². The van der Waals surface area contributed by atoms with Crippen molar-refractivity contribution < 1.29 is 0 Å². The minimum atomic E-state index is 0.432. The van der Waals surface area contributed by atoms with Crippen LogP contribution < -0.4 is 0 Å². The molecule has 0 saturated heterocycles. The molecule has 0 radical (unpaired) electrons. The maximum absolute atomic E-state index is 3.65. The van der Waals surface area contributed by atoms with Crippen molar-refractivity contribution in [3.8, 4) is 0 Å². The first-order valence-corrected chi connectivity index (χ1v) is 5.78. The van der Waals surface area contributed by atoms with Crippen LogP contribution in [0.5, 0.6) is 0 Å². The fourth-order valence-corrected chi connectivity index (χ4v) is 1.38. The van der Waals surface area contributed by atoms with Crippen LogP contribution in [0.25, 0.3) is 0 Å². The Balaban J connectivity index is 0.000000241. The van der Waals surface area contributed by atoms with E-state index in [4.69, 9.17) is 0 Å². The van der Waals surface area contributed by atoms with E-state index in [1.807, 2.05) is 6.08 Å². The molecule has 0 atom stereocenters. The van der Waals surface area contributed by atoms with Gasteiger partial charge in [0.1, 0.15) is 0 Å². The first kappa shape index (κ1) is 13.7. The molecule has 84 valence electrons. The highest BCUT2D eigenvalue weighted by atomic mass is 14.4. The van der Waals surface area contributed by atoms with Gasteiger partial charge in [0.2, 0.25) is 0 Å². The van der Waals surface area contributed by atoms with Crippen LogP contribution in [0.1, 0.15) is 60.8 Å². The molecule has 0 heteroatoms. The molecule has 0 nitrogen and oxygen atoms in total. The van der Waals surface area contributed by atoms with Gasteiger partial charge in [0.15, 0.2) is 0 Å². The lowest BCUT2D eigenvalue weighted by Crippen LogP contribution is -2.06. The Kier molecular flexibility index (Phi) is 4.91. The second-order valence-electron chi connectivity index (χ2n) is 6.69. The molecule has 0 N–H and O–H groups in total. The minimum absolute atomic E-state index is 0.432. The SMILES string of the molecule is C=CCC(C)(C)C.CC(C)(C)C1CC1. The Morgan fingerprint density at radius 3 is 1.50 bits per heavy atom. The van der Waals surface area contributed by atoms with Crippen LogP contribution in [0.15, 0.2) is 12.7 Å². The first-order chi connectivity index (χ1) is 6.17. The molecule has 1 saturated carbocycles. The topological polar surface area (TPSA) is 0 Å². The normalized spacial score (nSPS) is 17.0. The molecular formula is C14H28. The number of hydrogen-bond donors (Lipinski definition) is 0. The number of rotatable bonds is 1. The quantitative estimate of drug-likeness (QED) is 0.515. The van der Waals surface area contributed by atoms with Gasteiger partial charge in [-0.1, -0.05) is 47.6 Å². The van der Waals surface area contributed by atoms with Crippen LogP contribution >= 0.6 is 0 Å². The summed E-state index contributed by atoms with van der Waals surface area (Å²) in [6, 6.07) is 0. The molecule has 0 aromatic heterocycles. The minimum Gasteiger partial charge on any atom is -0.103 e. The highest BCUT2D eigenvalue weighted by Crippen LogP contribution is 2.44. The van der Waals surface area contributed by atoms with Gasteiger partial charge in [0, 0.05) is 0 Å². The number of allylic oxidation sites excluding steroid dienone is 1. The predicted molar refractivity (Wildman–Crippen MR) is 66.4 cm³/mol. The predicted octanol–water partition coefficient (Wildman–Crippen LogP) is 5.05. The molecule has 0 bridgehead atoms. The largest absolute Gasteiger partial charge is 0.103 e. The summed E-state index contributed by atoms with van der Waals surface area (Å²) in [6.07, 6.45) is 6.01. The lowest BCUT2D eigenvalue weighted by atomic mass is 9.91. The second-order valence-corrected chi connectivity index (χ2v) is 6.69. The van der Waals surface area contributed by atoms with E-state index in [0.717, 1.165) is 12.3 Å². The summed E-state index contributed by atoms with van der Waals surface area (Å²) >= 11 is 0. The third kappa shape index (κ3) is 8.34. The van der Waals surface area contributed by atoms with Gasteiger partial charge < -0.3 is 0 Å². The van der Waals surface area contributed by atoms with E-state index in [-0.39, 0.29) is 0 Å². The molecule has 1 fully saturated rings. The fourth-order valence-electron chi connectivity index (χ4n) is 1.38. The van der Waals surface area contributed by atoms with Crippen molar-refractivity contribution >= 4 is 0 Å². The van der Waals surface area contributed by atoms with Crippen molar-refractivity contribution in [3.05, 3.63) is 12.7 Å². The summed E-state index contributed by atoms with van der Waals surface area (Å²) < 4.78 is 0. The van der Waals surface area contributed by atoms with E-state index in [1.165, 1.54) is 12.8 Å². The van der Waals surface area contributed by atoms with E-state index in [0.29, 0.717) is 10.8 Å². The van der Waals surface area contributed by atoms with Gasteiger partial charge in [0.25, 0.3) is 0 Å².